The Bertz CT molecular complexity index is 309. The summed E-state index contributed by atoms with van der Waals surface area (Å²) >= 11 is 0. The Morgan fingerprint density at radius 2 is 2.25 bits per heavy atom. The SMILES string of the molecule is CC(=O)Nc1ccc(N)c(C)n1. The molecule has 0 aliphatic heterocycles. The molecule has 0 aliphatic rings. The van der Waals surface area contributed by atoms with Gasteiger partial charge in [0.1, 0.15) is 5.82 Å². The van der Waals surface area contributed by atoms with E-state index in [0.29, 0.717) is 11.5 Å². The van der Waals surface area contributed by atoms with Crippen LogP contribution in [0.2, 0.25) is 0 Å². The van der Waals surface area contributed by atoms with E-state index >= 15 is 0 Å². The van der Waals surface area contributed by atoms with Gasteiger partial charge < -0.3 is 11.1 Å². The third-order valence-electron chi connectivity index (χ3n) is 1.43. The van der Waals surface area contributed by atoms with Crippen molar-refractivity contribution in [1.29, 1.82) is 0 Å². The van der Waals surface area contributed by atoms with Crippen molar-refractivity contribution in [3.8, 4) is 0 Å². The number of nitrogen functional groups attached to an aromatic ring is 1. The largest absolute Gasteiger partial charge is 0.397 e. The van der Waals surface area contributed by atoms with Gasteiger partial charge in [-0.2, -0.15) is 0 Å². The molecule has 1 amide bonds. The number of anilines is 2. The third kappa shape index (κ3) is 1.95. The van der Waals surface area contributed by atoms with Crippen LogP contribution in [0.25, 0.3) is 0 Å². The molecule has 1 aromatic rings. The maximum atomic E-state index is 10.6. The molecule has 0 saturated heterocycles. The number of pyridine rings is 1. The fourth-order valence-electron chi connectivity index (χ4n) is 0.822. The van der Waals surface area contributed by atoms with E-state index in [0.717, 1.165) is 5.69 Å². The Kier molecular flexibility index (Phi) is 2.28. The average Bonchev–Trinajstić information content (AvgIpc) is 1.96. The van der Waals surface area contributed by atoms with Crippen LogP contribution in [-0.2, 0) is 4.79 Å². The van der Waals surface area contributed by atoms with Crippen molar-refractivity contribution in [2.24, 2.45) is 0 Å². The molecule has 3 N–H and O–H groups in total. The second kappa shape index (κ2) is 3.21. The zero-order valence-corrected chi connectivity index (χ0v) is 7.09. The van der Waals surface area contributed by atoms with E-state index in [4.69, 9.17) is 5.73 Å². The van der Waals surface area contributed by atoms with Crippen LogP contribution in [0.4, 0.5) is 11.5 Å². The maximum absolute atomic E-state index is 10.6. The normalized spacial score (nSPS) is 9.50. The van der Waals surface area contributed by atoms with Crippen molar-refractivity contribution in [2.45, 2.75) is 13.8 Å². The lowest BCUT2D eigenvalue weighted by molar-refractivity contribution is -0.114. The Labute approximate surface area is 70.8 Å². The Morgan fingerprint density at radius 3 is 2.75 bits per heavy atom. The van der Waals surface area contributed by atoms with Gasteiger partial charge in [0.15, 0.2) is 0 Å². The monoisotopic (exact) mass is 165 g/mol. The van der Waals surface area contributed by atoms with Gasteiger partial charge in [-0.15, -0.1) is 0 Å². The van der Waals surface area contributed by atoms with E-state index < -0.39 is 0 Å². The predicted octanol–water partition coefficient (Wildman–Crippen LogP) is 0.931. The van der Waals surface area contributed by atoms with E-state index in [-0.39, 0.29) is 5.91 Å². The second-order valence-corrected chi connectivity index (χ2v) is 2.55. The lowest BCUT2D eigenvalue weighted by atomic mass is 10.3. The summed E-state index contributed by atoms with van der Waals surface area (Å²) in [5.41, 5.74) is 6.90. The molecule has 0 aromatic carbocycles. The number of amides is 1. The van der Waals surface area contributed by atoms with Crippen LogP contribution in [0, 0.1) is 6.92 Å². The van der Waals surface area contributed by atoms with Crippen molar-refractivity contribution >= 4 is 17.4 Å². The lowest BCUT2D eigenvalue weighted by Gasteiger charge is -2.03. The smallest absolute Gasteiger partial charge is 0.222 e. The van der Waals surface area contributed by atoms with Gasteiger partial charge in [-0.25, -0.2) is 4.98 Å². The molecular weight excluding hydrogens is 154 g/mol. The van der Waals surface area contributed by atoms with Crippen LogP contribution >= 0.6 is 0 Å². The molecule has 0 radical (unpaired) electrons. The quantitative estimate of drug-likeness (QED) is 0.650. The molecule has 0 aliphatic carbocycles. The van der Waals surface area contributed by atoms with E-state index in [2.05, 4.69) is 10.3 Å². The van der Waals surface area contributed by atoms with E-state index in [1.54, 1.807) is 19.1 Å². The topological polar surface area (TPSA) is 68.0 Å². The molecule has 0 fully saturated rings. The zero-order valence-electron chi connectivity index (χ0n) is 7.09. The molecule has 0 spiro atoms. The standard InChI is InChI=1S/C8H11N3O/c1-5-7(9)3-4-8(10-5)11-6(2)12/h3-4H,9H2,1-2H3,(H,10,11,12). The summed E-state index contributed by atoms with van der Waals surface area (Å²) < 4.78 is 0. The van der Waals surface area contributed by atoms with Crippen LogP contribution in [0.1, 0.15) is 12.6 Å². The van der Waals surface area contributed by atoms with Crippen LogP contribution < -0.4 is 11.1 Å². The number of hydrogen-bond acceptors (Lipinski definition) is 3. The molecule has 1 rings (SSSR count). The van der Waals surface area contributed by atoms with Gasteiger partial charge in [0, 0.05) is 6.92 Å². The molecular formula is C8H11N3O. The average molecular weight is 165 g/mol. The first-order valence-corrected chi connectivity index (χ1v) is 3.60. The Balaban J connectivity index is 2.89. The molecule has 0 bridgehead atoms. The highest BCUT2D eigenvalue weighted by Gasteiger charge is 1.98. The summed E-state index contributed by atoms with van der Waals surface area (Å²) in [7, 11) is 0. The van der Waals surface area contributed by atoms with Crippen molar-refractivity contribution in [1.82, 2.24) is 4.98 Å². The fourth-order valence-corrected chi connectivity index (χ4v) is 0.822. The minimum absolute atomic E-state index is 0.133. The van der Waals surface area contributed by atoms with Crippen LogP contribution in [0.15, 0.2) is 12.1 Å². The molecule has 64 valence electrons. The molecule has 4 heteroatoms. The van der Waals surface area contributed by atoms with Crippen molar-refractivity contribution in [3.05, 3.63) is 17.8 Å². The van der Waals surface area contributed by atoms with E-state index in [1.165, 1.54) is 6.92 Å². The molecule has 0 saturated carbocycles. The minimum Gasteiger partial charge on any atom is -0.397 e. The Hall–Kier alpha value is -1.58. The van der Waals surface area contributed by atoms with Crippen LogP contribution in [0.3, 0.4) is 0 Å². The summed E-state index contributed by atoms with van der Waals surface area (Å²) in [4.78, 5) is 14.7. The van der Waals surface area contributed by atoms with Crippen LogP contribution in [0.5, 0.6) is 0 Å². The molecule has 1 aromatic heterocycles. The number of nitrogens with zero attached hydrogens (tertiary/aromatic N) is 1. The molecule has 12 heavy (non-hydrogen) atoms. The van der Waals surface area contributed by atoms with Crippen molar-refractivity contribution in [3.63, 3.8) is 0 Å². The minimum atomic E-state index is -0.133. The van der Waals surface area contributed by atoms with Crippen molar-refractivity contribution in [2.75, 3.05) is 11.1 Å². The lowest BCUT2D eigenvalue weighted by Crippen LogP contribution is -2.08. The maximum Gasteiger partial charge on any atom is 0.222 e. The highest BCUT2D eigenvalue weighted by atomic mass is 16.1. The molecule has 0 unspecified atom stereocenters. The number of nitrogens with one attached hydrogen (secondary N) is 1. The highest BCUT2D eigenvalue weighted by Crippen LogP contribution is 2.11. The summed E-state index contributed by atoms with van der Waals surface area (Å²) in [5.74, 6) is 0.404. The number of hydrogen-bond donors (Lipinski definition) is 2. The second-order valence-electron chi connectivity index (χ2n) is 2.55. The van der Waals surface area contributed by atoms with E-state index in [1.807, 2.05) is 0 Å². The number of aryl methyl sites for hydroxylation is 1. The summed E-state index contributed by atoms with van der Waals surface area (Å²) in [6, 6.07) is 3.39. The van der Waals surface area contributed by atoms with E-state index in [9.17, 15) is 4.79 Å². The first-order chi connectivity index (χ1) is 5.59. The third-order valence-corrected chi connectivity index (χ3v) is 1.43. The molecule has 0 atom stereocenters. The predicted molar refractivity (Wildman–Crippen MR) is 47.7 cm³/mol. The van der Waals surface area contributed by atoms with Gasteiger partial charge in [0.05, 0.1) is 11.4 Å². The number of carbonyl (C=O) groups is 1. The first-order valence-electron chi connectivity index (χ1n) is 3.60. The summed E-state index contributed by atoms with van der Waals surface area (Å²) in [5, 5.41) is 2.57. The molecule has 4 nitrogen and oxygen atoms in total. The summed E-state index contributed by atoms with van der Waals surface area (Å²) in [6.07, 6.45) is 0. The van der Waals surface area contributed by atoms with Gasteiger partial charge in [-0.3, -0.25) is 4.79 Å². The highest BCUT2D eigenvalue weighted by molar-refractivity contribution is 5.87. The van der Waals surface area contributed by atoms with Crippen LogP contribution in [-0.4, -0.2) is 10.9 Å². The van der Waals surface area contributed by atoms with Gasteiger partial charge in [-0.05, 0) is 19.1 Å². The first kappa shape index (κ1) is 8.52. The zero-order chi connectivity index (χ0) is 9.14. The fraction of sp³-hybridized carbons (Fsp3) is 0.250. The van der Waals surface area contributed by atoms with Gasteiger partial charge in [0.2, 0.25) is 5.91 Å². The number of rotatable bonds is 1. The Morgan fingerprint density at radius 1 is 1.58 bits per heavy atom. The van der Waals surface area contributed by atoms with Gasteiger partial charge in [0.25, 0.3) is 0 Å². The van der Waals surface area contributed by atoms with Crippen molar-refractivity contribution < 1.29 is 4.79 Å². The van der Waals surface area contributed by atoms with Gasteiger partial charge >= 0.3 is 0 Å². The number of carbonyl (C=O) groups excluding carboxylic acids is 1. The number of aromatic nitrogens is 1. The van der Waals surface area contributed by atoms with Gasteiger partial charge in [-0.1, -0.05) is 0 Å². The summed E-state index contributed by atoms with van der Waals surface area (Å²) in [6.45, 7) is 3.23. The number of nitrogens with two attached hydrogens (primary N) is 1. The molecule has 1 heterocycles.